The molecule has 1 rings (SSSR count). The van der Waals surface area contributed by atoms with Gasteiger partial charge in [-0.25, -0.2) is 0 Å². The Kier molecular flexibility index (Phi) is 5.65. The summed E-state index contributed by atoms with van der Waals surface area (Å²) in [5.41, 5.74) is 0. The van der Waals surface area contributed by atoms with E-state index >= 15 is 0 Å². The van der Waals surface area contributed by atoms with Gasteiger partial charge in [0.1, 0.15) is 0 Å². The summed E-state index contributed by atoms with van der Waals surface area (Å²) in [6.45, 7) is 7.74. The van der Waals surface area contributed by atoms with Gasteiger partial charge in [0.25, 0.3) is 0 Å². The van der Waals surface area contributed by atoms with Crippen LogP contribution in [0.15, 0.2) is 0 Å². The maximum Gasteiger partial charge on any atom is 0.307 e. The minimum Gasteiger partial charge on any atom is -0.466 e. The van der Waals surface area contributed by atoms with E-state index in [2.05, 4.69) is 11.8 Å². The van der Waals surface area contributed by atoms with Crippen LogP contribution >= 0.6 is 0 Å². The summed E-state index contributed by atoms with van der Waals surface area (Å²) in [6.07, 6.45) is 1.56. The topological polar surface area (TPSA) is 38.8 Å². The second-order valence-corrected chi connectivity index (χ2v) is 3.73. The van der Waals surface area contributed by atoms with Crippen molar-refractivity contribution in [3.63, 3.8) is 0 Å². The highest BCUT2D eigenvalue weighted by atomic mass is 16.5. The lowest BCUT2D eigenvalue weighted by Crippen LogP contribution is -2.45. The van der Waals surface area contributed by atoms with E-state index in [4.69, 9.17) is 9.47 Å². The van der Waals surface area contributed by atoms with E-state index in [0.29, 0.717) is 19.1 Å². The summed E-state index contributed by atoms with van der Waals surface area (Å²) < 4.78 is 10.3. The van der Waals surface area contributed by atoms with Gasteiger partial charge >= 0.3 is 5.97 Å². The molecule has 0 bridgehead atoms. The van der Waals surface area contributed by atoms with Gasteiger partial charge in [-0.1, -0.05) is 6.92 Å². The summed E-state index contributed by atoms with van der Waals surface area (Å²) in [5, 5.41) is 0. The molecule has 1 fully saturated rings. The maximum atomic E-state index is 11.2. The van der Waals surface area contributed by atoms with Crippen molar-refractivity contribution in [1.82, 2.24) is 4.90 Å². The maximum absolute atomic E-state index is 11.2. The van der Waals surface area contributed by atoms with E-state index in [0.717, 1.165) is 32.7 Å². The Balaban J connectivity index is 2.26. The molecule has 0 aromatic rings. The summed E-state index contributed by atoms with van der Waals surface area (Å²) >= 11 is 0. The predicted molar refractivity (Wildman–Crippen MR) is 57.7 cm³/mol. The Morgan fingerprint density at radius 3 is 3.00 bits per heavy atom. The van der Waals surface area contributed by atoms with E-state index in [9.17, 15) is 4.79 Å². The third kappa shape index (κ3) is 4.18. The number of nitrogens with zero attached hydrogens (tertiary/aromatic N) is 1. The SMILES string of the molecule is CCOC(=O)CCN1CCOCC1CC. The van der Waals surface area contributed by atoms with Gasteiger partial charge in [0.05, 0.1) is 26.2 Å². The van der Waals surface area contributed by atoms with Crippen molar-refractivity contribution in [3.05, 3.63) is 0 Å². The number of carbonyl (C=O) groups excluding carboxylic acids is 1. The monoisotopic (exact) mass is 215 g/mol. The van der Waals surface area contributed by atoms with Crippen LogP contribution in [0, 0.1) is 0 Å². The Hall–Kier alpha value is -0.610. The molecule has 1 heterocycles. The molecule has 1 unspecified atom stereocenters. The van der Waals surface area contributed by atoms with Crippen LogP contribution in [0.2, 0.25) is 0 Å². The van der Waals surface area contributed by atoms with E-state index in [1.165, 1.54) is 0 Å². The third-order valence-corrected chi connectivity index (χ3v) is 2.73. The molecule has 1 aliphatic heterocycles. The van der Waals surface area contributed by atoms with Crippen LogP contribution in [-0.2, 0) is 14.3 Å². The number of hydrogen-bond acceptors (Lipinski definition) is 4. The third-order valence-electron chi connectivity index (χ3n) is 2.73. The molecule has 0 aromatic heterocycles. The average Bonchev–Trinajstić information content (AvgIpc) is 2.27. The van der Waals surface area contributed by atoms with Crippen molar-refractivity contribution in [2.24, 2.45) is 0 Å². The fraction of sp³-hybridized carbons (Fsp3) is 0.909. The molecule has 0 radical (unpaired) electrons. The van der Waals surface area contributed by atoms with Gasteiger partial charge in [-0.2, -0.15) is 0 Å². The van der Waals surface area contributed by atoms with E-state index in [-0.39, 0.29) is 5.97 Å². The highest BCUT2D eigenvalue weighted by Crippen LogP contribution is 2.10. The number of carbonyl (C=O) groups is 1. The Bertz CT molecular complexity index is 196. The first kappa shape index (κ1) is 12.5. The lowest BCUT2D eigenvalue weighted by atomic mass is 10.1. The lowest BCUT2D eigenvalue weighted by molar-refractivity contribution is -0.144. The molecule has 4 nitrogen and oxygen atoms in total. The highest BCUT2D eigenvalue weighted by molar-refractivity contribution is 5.69. The van der Waals surface area contributed by atoms with Gasteiger partial charge in [0, 0.05) is 19.1 Å². The largest absolute Gasteiger partial charge is 0.466 e. The van der Waals surface area contributed by atoms with Crippen molar-refractivity contribution in [1.29, 1.82) is 0 Å². The molecule has 15 heavy (non-hydrogen) atoms. The van der Waals surface area contributed by atoms with Crippen molar-refractivity contribution in [3.8, 4) is 0 Å². The summed E-state index contributed by atoms with van der Waals surface area (Å²) in [6, 6.07) is 0.466. The fourth-order valence-corrected chi connectivity index (χ4v) is 1.83. The van der Waals surface area contributed by atoms with E-state index < -0.39 is 0 Å². The van der Waals surface area contributed by atoms with Crippen molar-refractivity contribution >= 4 is 5.97 Å². The van der Waals surface area contributed by atoms with E-state index in [1.807, 2.05) is 6.92 Å². The number of esters is 1. The lowest BCUT2D eigenvalue weighted by Gasteiger charge is -2.34. The Morgan fingerprint density at radius 2 is 2.33 bits per heavy atom. The highest BCUT2D eigenvalue weighted by Gasteiger charge is 2.21. The first-order valence-corrected chi connectivity index (χ1v) is 5.75. The molecule has 1 atom stereocenters. The molecule has 0 N–H and O–H groups in total. The van der Waals surface area contributed by atoms with Gasteiger partial charge in [-0.3, -0.25) is 9.69 Å². The molecule has 0 aromatic carbocycles. The molecule has 0 spiro atoms. The van der Waals surface area contributed by atoms with Crippen LogP contribution in [0.4, 0.5) is 0 Å². The van der Waals surface area contributed by atoms with Crippen molar-refractivity contribution in [2.45, 2.75) is 32.7 Å². The quantitative estimate of drug-likeness (QED) is 0.643. The van der Waals surface area contributed by atoms with Crippen molar-refractivity contribution < 1.29 is 14.3 Å². The molecule has 4 heteroatoms. The van der Waals surface area contributed by atoms with Crippen LogP contribution in [0.5, 0.6) is 0 Å². The summed E-state index contributed by atoms with van der Waals surface area (Å²) in [4.78, 5) is 13.5. The van der Waals surface area contributed by atoms with Crippen LogP contribution < -0.4 is 0 Å². The number of hydrogen-bond donors (Lipinski definition) is 0. The second kappa shape index (κ2) is 6.80. The van der Waals surface area contributed by atoms with Gasteiger partial charge in [0.15, 0.2) is 0 Å². The van der Waals surface area contributed by atoms with Crippen LogP contribution in [0.1, 0.15) is 26.7 Å². The Morgan fingerprint density at radius 1 is 1.53 bits per heavy atom. The molecule has 1 saturated heterocycles. The minimum atomic E-state index is -0.0983. The van der Waals surface area contributed by atoms with Crippen LogP contribution in [-0.4, -0.2) is 49.8 Å². The molecular formula is C11H21NO3. The smallest absolute Gasteiger partial charge is 0.307 e. The number of rotatable bonds is 5. The molecule has 0 saturated carbocycles. The minimum absolute atomic E-state index is 0.0983. The second-order valence-electron chi connectivity index (χ2n) is 3.73. The summed E-state index contributed by atoms with van der Waals surface area (Å²) in [5.74, 6) is -0.0983. The molecule has 0 amide bonds. The normalized spacial score (nSPS) is 22.7. The van der Waals surface area contributed by atoms with Gasteiger partial charge in [-0.05, 0) is 13.3 Å². The van der Waals surface area contributed by atoms with Crippen molar-refractivity contribution in [2.75, 3.05) is 32.9 Å². The molecule has 0 aliphatic carbocycles. The zero-order chi connectivity index (χ0) is 11.1. The van der Waals surface area contributed by atoms with Crippen LogP contribution in [0.25, 0.3) is 0 Å². The Labute approximate surface area is 91.5 Å². The van der Waals surface area contributed by atoms with Crippen LogP contribution in [0.3, 0.4) is 0 Å². The van der Waals surface area contributed by atoms with E-state index in [1.54, 1.807) is 0 Å². The number of ether oxygens (including phenoxy) is 2. The molecule has 1 aliphatic rings. The zero-order valence-electron chi connectivity index (χ0n) is 9.70. The molecule has 88 valence electrons. The fourth-order valence-electron chi connectivity index (χ4n) is 1.83. The van der Waals surface area contributed by atoms with Gasteiger partial charge in [0.2, 0.25) is 0 Å². The predicted octanol–water partition coefficient (Wildman–Crippen LogP) is 1.05. The number of morpholine rings is 1. The zero-order valence-corrected chi connectivity index (χ0v) is 9.70. The first-order chi connectivity index (χ1) is 7.27. The first-order valence-electron chi connectivity index (χ1n) is 5.75. The van der Waals surface area contributed by atoms with Gasteiger partial charge in [-0.15, -0.1) is 0 Å². The van der Waals surface area contributed by atoms with Gasteiger partial charge < -0.3 is 9.47 Å². The average molecular weight is 215 g/mol. The molecular weight excluding hydrogens is 194 g/mol. The standard InChI is InChI=1S/C11H21NO3/c1-3-10-9-14-8-7-12(10)6-5-11(13)15-4-2/h10H,3-9H2,1-2H3. The summed E-state index contributed by atoms with van der Waals surface area (Å²) in [7, 11) is 0.